The van der Waals surface area contributed by atoms with E-state index in [1.165, 1.54) is 32.1 Å². The second-order valence-corrected chi connectivity index (χ2v) is 9.88. The Bertz CT molecular complexity index is 409. The maximum atomic E-state index is 11.6. The summed E-state index contributed by atoms with van der Waals surface area (Å²) in [7, 11) is -3.91. The Balaban J connectivity index is 3.72. The lowest BCUT2D eigenvalue weighted by atomic mass is 10.0. The van der Waals surface area contributed by atoms with Gasteiger partial charge in [-0.05, 0) is 25.7 Å². The molecule has 0 spiro atoms. The number of hydrogen-bond donors (Lipinski definition) is 2. The SMILES string of the molecule is CCCCCCCCCC(CCCCCCCCC(O)CCC)S(=O)(=O)O. The van der Waals surface area contributed by atoms with Crippen LogP contribution in [0.3, 0.4) is 0 Å². The second kappa shape index (κ2) is 17.9. The van der Waals surface area contributed by atoms with Gasteiger partial charge in [-0.3, -0.25) is 4.55 Å². The standard InChI is InChI=1S/C22H46O4S/c1-3-5-6-7-8-12-15-19-22(27(24,25)26)20-16-13-10-9-11-14-18-21(23)17-4-2/h21-23H,3-20H2,1-2H3,(H,24,25,26). The van der Waals surface area contributed by atoms with Crippen molar-refractivity contribution >= 4 is 10.1 Å². The molecule has 0 radical (unpaired) electrons. The Hall–Kier alpha value is -0.130. The van der Waals surface area contributed by atoms with Crippen molar-refractivity contribution in [1.29, 1.82) is 0 Å². The van der Waals surface area contributed by atoms with Gasteiger partial charge in [-0.1, -0.05) is 104 Å². The first-order valence-electron chi connectivity index (χ1n) is 11.6. The van der Waals surface area contributed by atoms with Crippen LogP contribution < -0.4 is 0 Å². The van der Waals surface area contributed by atoms with E-state index < -0.39 is 15.4 Å². The predicted molar refractivity (Wildman–Crippen MR) is 116 cm³/mol. The minimum Gasteiger partial charge on any atom is -0.393 e. The third kappa shape index (κ3) is 17.7. The van der Waals surface area contributed by atoms with Crippen LogP contribution >= 0.6 is 0 Å². The molecule has 0 aromatic rings. The molecule has 164 valence electrons. The van der Waals surface area contributed by atoms with E-state index in [2.05, 4.69) is 13.8 Å². The normalized spacial score (nSPS) is 14.4. The fourth-order valence-corrected chi connectivity index (χ4v) is 4.64. The molecular weight excluding hydrogens is 360 g/mol. The lowest BCUT2D eigenvalue weighted by Gasteiger charge is -2.14. The Kier molecular flexibility index (Phi) is 17.8. The minimum atomic E-state index is -3.91. The van der Waals surface area contributed by atoms with E-state index >= 15 is 0 Å². The molecule has 27 heavy (non-hydrogen) atoms. The van der Waals surface area contributed by atoms with Gasteiger partial charge in [0.25, 0.3) is 10.1 Å². The highest BCUT2D eigenvalue weighted by atomic mass is 32.2. The highest BCUT2D eigenvalue weighted by Crippen LogP contribution is 2.19. The highest BCUT2D eigenvalue weighted by Gasteiger charge is 2.21. The molecular formula is C22H46O4S. The molecule has 0 fully saturated rings. The second-order valence-electron chi connectivity index (χ2n) is 8.19. The van der Waals surface area contributed by atoms with Gasteiger partial charge < -0.3 is 5.11 Å². The van der Waals surface area contributed by atoms with Crippen LogP contribution in [0, 0.1) is 0 Å². The lowest BCUT2D eigenvalue weighted by Crippen LogP contribution is -2.20. The Morgan fingerprint density at radius 1 is 0.593 bits per heavy atom. The average Bonchev–Trinajstić information content (AvgIpc) is 2.60. The number of aliphatic hydroxyl groups excluding tert-OH is 1. The van der Waals surface area contributed by atoms with E-state index in [-0.39, 0.29) is 6.10 Å². The molecule has 0 aliphatic heterocycles. The maximum Gasteiger partial charge on any atom is 0.267 e. The van der Waals surface area contributed by atoms with E-state index in [1.54, 1.807) is 0 Å². The van der Waals surface area contributed by atoms with Gasteiger partial charge in [0.15, 0.2) is 0 Å². The van der Waals surface area contributed by atoms with Crippen LogP contribution in [0.25, 0.3) is 0 Å². The first kappa shape index (κ1) is 26.9. The summed E-state index contributed by atoms with van der Waals surface area (Å²) in [5.74, 6) is 0. The molecule has 4 nitrogen and oxygen atoms in total. The fourth-order valence-electron chi connectivity index (χ4n) is 3.71. The van der Waals surface area contributed by atoms with Crippen LogP contribution in [0.4, 0.5) is 0 Å². The molecule has 0 heterocycles. The minimum absolute atomic E-state index is 0.142. The molecule has 0 saturated heterocycles. The Labute approximate surface area is 169 Å². The third-order valence-electron chi connectivity index (χ3n) is 5.49. The van der Waals surface area contributed by atoms with Crippen LogP contribution in [-0.2, 0) is 10.1 Å². The van der Waals surface area contributed by atoms with Crippen molar-refractivity contribution < 1.29 is 18.1 Å². The van der Waals surface area contributed by atoms with Crippen molar-refractivity contribution in [3.05, 3.63) is 0 Å². The van der Waals surface area contributed by atoms with Crippen LogP contribution in [-0.4, -0.2) is 29.4 Å². The van der Waals surface area contributed by atoms with Gasteiger partial charge in [-0.2, -0.15) is 8.42 Å². The maximum absolute atomic E-state index is 11.6. The molecule has 0 aliphatic rings. The molecule has 0 bridgehead atoms. The Morgan fingerprint density at radius 3 is 1.41 bits per heavy atom. The molecule has 2 N–H and O–H groups in total. The Morgan fingerprint density at radius 2 is 1.00 bits per heavy atom. The van der Waals surface area contributed by atoms with Crippen molar-refractivity contribution in [2.75, 3.05) is 0 Å². The van der Waals surface area contributed by atoms with E-state index in [9.17, 15) is 18.1 Å². The van der Waals surface area contributed by atoms with Gasteiger partial charge in [0.1, 0.15) is 0 Å². The highest BCUT2D eigenvalue weighted by molar-refractivity contribution is 7.86. The summed E-state index contributed by atoms with van der Waals surface area (Å²) in [4.78, 5) is 0. The number of rotatable bonds is 20. The van der Waals surface area contributed by atoms with Crippen molar-refractivity contribution in [3.63, 3.8) is 0 Å². The quantitative estimate of drug-likeness (QED) is 0.175. The summed E-state index contributed by atoms with van der Waals surface area (Å²) in [5, 5.41) is 9.12. The van der Waals surface area contributed by atoms with Gasteiger partial charge in [0.2, 0.25) is 0 Å². The molecule has 0 rings (SSSR count). The largest absolute Gasteiger partial charge is 0.393 e. The predicted octanol–water partition coefficient (Wildman–Crippen LogP) is 6.67. The number of hydrogen-bond acceptors (Lipinski definition) is 3. The fraction of sp³-hybridized carbons (Fsp3) is 1.00. The molecule has 5 heteroatoms. The van der Waals surface area contributed by atoms with E-state index in [0.717, 1.165) is 70.6 Å². The van der Waals surface area contributed by atoms with Gasteiger partial charge in [0.05, 0.1) is 11.4 Å². The van der Waals surface area contributed by atoms with Gasteiger partial charge in [0, 0.05) is 0 Å². The first-order valence-corrected chi connectivity index (χ1v) is 13.1. The summed E-state index contributed by atoms with van der Waals surface area (Å²) in [6, 6.07) is 0. The van der Waals surface area contributed by atoms with Gasteiger partial charge in [-0.15, -0.1) is 0 Å². The van der Waals surface area contributed by atoms with Gasteiger partial charge >= 0.3 is 0 Å². The molecule has 0 amide bonds. The van der Waals surface area contributed by atoms with Crippen molar-refractivity contribution in [1.82, 2.24) is 0 Å². The summed E-state index contributed by atoms with van der Waals surface area (Å²) in [6.45, 7) is 4.30. The van der Waals surface area contributed by atoms with E-state index in [1.807, 2.05) is 0 Å². The van der Waals surface area contributed by atoms with E-state index in [0.29, 0.717) is 12.8 Å². The summed E-state index contributed by atoms with van der Waals surface area (Å²) in [6.07, 6.45) is 18.4. The van der Waals surface area contributed by atoms with Crippen LogP contribution in [0.2, 0.25) is 0 Å². The molecule has 2 unspecified atom stereocenters. The lowest BCUT2D eigenvalue weighted by molar-refractivity contribution is 0.150. The summed E-state index contributed by atoms with van der Waals surface area (Å²) >= 11 is 0. The van der Waals surface area contributed by atoms with Gasteiger partial charge in [-0.25, -0.2) is 0 Å². The number of aliphatic hydroxyl groups is 1. The first-order chi connectivity index (χ1) is 12.9. The zero-order valence-electron chi connectivity index (χ0n) is 18.0. The molecule has 2 atom stereocenters. The smallest absolute Gasteiger partial charge is 0.267 e. The monoisotopic (exact) mass is 406 g/mol. The van der Waals surface area contributed by atoms with Crippen LogP contribution in [0.1, 0.15) is 129 Å². The molecule has 0 saturated carbocycles. The van der Waals surface area contributed by atoms with Crippen molar-refractivity contribution in [2.45, 2.75) is 141 Å². The molecule has 0 aromatic carbocycles. The van der Waals surface area contributed by atoms with Crippen molar-refractivity contribution in [3.8, 4) is 0 Å². The van der Waals surface area contributed by atoms with E-state index in [4.69, 9.17) is 0 Å². The van der Waals surface area contributed by atoms with Crippen molar-refractivity contribution in [2.24, 2.45) is 0 Å². The zero-order chi connectivity index (χ0) is 20.4. The topological polar surface area (TPSA) is 74.6 Å². The van der Waals surface area contributed by atoms with Crippen LogP contribution in [0.5, 0.6) is 0 Å². The summed E-state index contributed by atoms with van der Waals surface area (Å²) in [5.41, 5.74) is 0. The molecule has 0 aliphatic carbocycles. The van der Waals surface area contributed by atoms with Crippen LogP contribution in [0.15, 0.2) is 0 Å². The molecule has 0 aromatic heterocycles. The third-order valence-corrected chi connectivity index (χ3v) is 6.80. The number of unbranched alkanes of at least 4 members (excludes halogenated alkanes) is 11. The zero-order valence-corrected chi connectivity index (χ0v) is 18.8. The average molecular weight is 407 g/mol. The summed E-state index contributed by atoms with van der Waals surface area (Å²) < 4.78 is 32.6.